The van der Waals surface area contributed by atoms with Gasteiger partial charge in [-0.05, 0) is 18.2 Å². The number of nitrogens with one attached hydrogen (secondary N) is 1. The van der Waals surface area contributed by atoms with Gasteiger partial charge in [0.25, 0.3) is 5.91 Å². The number of hydrogen-bond donors (Lipinski definition) is 2. The zero-order chi connectivity index (χ0) is 17.0. The number of rotatable bonds is 5. The number of sulfonamides is 1. The number of carbonyl (C=O) groups excluding carboxylic acids is 1. The molecule has 0 atom stereocenters. The normalized spacial score (nSPS) is 16.0. The molecule has 1 heterocycles. The standard InChI is InChI=1S/C13H15FN2O6S/c14-11-2-1-9(7-10(11)13(19)15-8-12(17)18)23(20,21)16-3-5-22-6-4-16/h1-2,7H,3-6,8H2,(H,15,19)(H,17,18). The van der Waals surface area contributed by atoms with Gasteiger partial charge in [-0.15, -0.1) is 0 Å². The van der Waals surface area contributed by atoms with Crippen molar-refractivity contribution in [1.82, 2.24) is 9.62 Å². The number of nitrogens with zero attached hydrogens (tertiary/aromatic N) is 1. The topological polar surface area (TPSA) is 113 Å². The van der Waals surface area contributed by atoms with Crippen molar-refractivity contribution < 1.29 is 32.2 Å². The molecule has 1 saturated heterocycles. The predicted octanol–water partition coefficient (Wildman–Crippen LogP) is -0.339. The summed E-state index contributed by atoms with van der Waals surface area (Å²) in [6, 6.07) is 2.83. The second-order valence-corrected chi connectivity index (χ2v) is 6.67. The molecular formula is C13H15FN2O6S. The molecule has 2 rings (SSSR count). The molecule has 10 heteroatoms. The van der Waals surface area contributed by atoms with Crippen LogP contribution in [-0.2, 0) is 19.6 Å². The molecule has 1 amide bonds. The van der Waals surface area contributed by atoms with Crippen LogP contribution in [0.1, 0.15) is 10.4 Å². The number of ether oxygens (including phenoxy) is 1. The Morgan fingerprint density at radius 1 is 1.30 bits per heavy atom. The maximum Gasteiger partial charge on any atom is 0.322 e. The lowest BCUT2D eigenvalue weighted by atomic mass is 10.2. The zero-order valence-corrected chi connectivity index (χ0v) is 12.8. The number of aliphatic carboxylic acids is 1. The Morgan fingerprint density at radius 3 is 2.57 bits per heavy atom. The lowest BCUT2D eigenvalue weighted by Crippen LogP contribution is -2.40. The molecule has 0 saturated carbocycles. The third-order valence-corrected chi connectivity index (χ3v) is 5.09. The third kappa shape index (κ3) is 4.03. The fourth-order valence-electron chi connectivity index (χ4n) is 2.03. The van der Waals surface area contributed by atoms with Crippen molar-refractivity contribution in [3.8, 4) is 0 Å². The van der Waals surface area contributed by atoms with Gasteiger partial charge in [0.2, 0.25) is 10.0 Å². The molecule has 1 aliphatic heterocycles. The summed E-state index contributed by atoms with van der Waals surface area (Å²) in [7, 11) is -3.88. The van der Waals surface area contributed by atoms with Crippen molar-refractivity contribution >= 4 is 21.9 Å². The Morgan fingerprint density at radius 2 is 1.96 bits per heavy atom. The highest BCUT2D eigenvalue weighted by atomic mass is 32.2. The van der Waals surface area contributed by atoms with E-state index in [1.165, 1.54) is 4.31 Å². The number of halogens is 1. The minimum Gasteiger partial charge on any atom is -0.480 e. The monoisotopic (exact) mass is 346 g/mol. The number of carboxylic acid groups (broad SMARTS) is 1. The van der Waals surface area contributed by atoms with Gasteiger partial charge in [0.15, 0.2) is 0 Å². The number of hydrogen-bond acceptors (Lipinski definition) is 5. The van der Waals surface area contributed by atoms with Gasteiger partial charge >= 0.3 is 5.97 Å². The first-order valence-electron chi connectivity index (χ1n) is 6.70. The molecule has 0 aliphatic carbocycles. The predicted molar refractivity (Wildman–Crippen MR) is 75.9 cm³/mol. The average molecular weight is 346 g/mol. The van der Waals surface area contributed by atoms with E-state index in [0.29, 0.717) is 0 Å². The molecule has 1 aromatic carbocycles. The maximum absolute atomic E-state index is 13.7. The summed E-state index contributed by atoms with van der Waals surface area (Å²) < 4.78 is 44.9. The number of carboxylic acids is 1. The molecule has 0 radical (unpaired) electrons. The van der Waals surface area contributed by atoms with Gasteiger partial charge < -0.3 is 15.2 Å². The molecule has 0 aromatic heterocycles. The second-order valence-electron chi connectivity index (χ2n) is 4.73. The van der Waals surface area contributed by atoms with Gasteiger partial charge in [-0.25, -0.2) is 12.8 Å². The maximum atomic E-state index is 13.7. The summed E-state index contributed by atoms with van der Waals surface area (Å²) in [5.74, 6) is -3.23. The molecule has 0 bridgehead atoms. The lowest BCUT2D eigenvalue weighted by molar-refractivity contribution is -0.135. The summed E-state index contributed by atoms with van der Waals surface area (Å²) in [5.41, 5.74) is -0.527. The first-order chi connectivity index (χ1) is 10.8. The fraction of sp³-hybridized carbons (Fsp3) is 0.385. The van der Waals surface area contributed by atoms with E-state index >= 15 is 0 Å². The van der Waals surface area contributed by atoms with E-state index < -0.39 is 39.8 Å². The van der Waals surface area contributed by atoms with Gasteiger partial charge in [0, 0.05) is 13.1 Å². The van der Waals surface area contributed by atoms with E-state index in [9.17, 15) is 22.4 Å². The minimum absolute atomic E-state index is 0.167. The minimum atomic E-state index is -3.88. The quantitative estimate of drug-likeness (QED) is 0.754. The van der Waals surface area contributed by atoms with Gasteiger partial charge in [0.1, 0.15) is 12.4 Å². The van der Waals surface area contributed by atoms with E-state index in [2.05, 4.69) is 0 Å². The highest BCUT2D eigenvalue weighted by Gasteiger charge is 2.27. The van der Waals surface area contributed by atoms with Crippen LogP contribution in [0.5, 0.6) is 0 Å². The van der Waals surface area contributed by atoms with Crippen LogP contribution in [0.3, 0.4) is 0 Å². The molecule has 23 heavy (non-hydrogen) atoms. The summed E-state index contributed by atoms with van der Waals surface area (Å²) in [5, 5.41) is 10.5. The SMILES string of the molecule is O=C(O)CNC(=O)c1cc(S(=O)(=O)N2CCOCC2)ccc1F. The zero-order valence-electron chi connectivity index (χ0n) is 12.0. The van der Waals surface area contributed by atoms with Crippen molar-refractivity contribution in [2.24, 2.45) is 0 Å². The molecule has 0 unspecified atom stereocenters. The van der Waals surface area contributed by atoms with Gasteiger partial charge in [-0.1, -0.05) is 0 Å². The van der Waals surface area contributed by atoms with Crippen LogP contribution in [0.2, 0.25) is 0 Å². The Bertz CT molecular complexity index is 715. The summed E-state index contributed by atoms with van der Waals surface area (Å²) >= 11 is 0. The molecule has 1 fully saturated rings. The van der Waals surface area contributed by atoms with Crippen LogP contribution in [0.25, 0.3) is 0 Å². The molecular weight excluding hydrogens is 331 g/mol. The van der Waals surface area contributed by atoms with Gasteiger partial charge in [-0.3, -0.25) is 9.59 Å². The molecule has 8 nitrogen and oxygen atoms in total. The second kappa shape index (κ2) is 7.02. The van der Waals surface area contributed by atoms with Crippen LogP contribution >= 0.6 is 0 Å². The van der Waals surface area contributed by atoms with Gasteiger partial charge in [0.05, 0.1) is 23.7 Å². The molecule has 126 valence electrons. The Hall–Kier alpha value is -2.04. The van der Waals surface area contributed by atoms with Crippen LogP contribution < -0.4 is 5.32 Å². The summed E-state index contributed by atoms with van der Waals surface area (Å²) in [4.78, 5) is 22.0. The number of benzene rings is 1. The Labute approximate surface area is 131 Å². The molecule has 2 N–H and O–H groups in total. The molecule has 0 spiro atoms. The van der Waals surface area contributed by atoms with E-state index in [1.807, 2.05) is 5.32 Å². The van der Waals surface area contributed by atoms with E-state index in [1.54, 1.807) is 0 Å². The van der Waals surface area contributed by atoms with Crippen molar-refractivity contribution in [3.63, 3.8) is 0 Å². The smallest absolute Gasteiger partial charge is 0.322 e. The van der Waals surface area contributed by atoms with Gasteiger partial charge in [-0.2, -0.15) is 4.31 Å². The van der Waals surface area contributed by atoms with E-state index in [0.717, 1.165) is 18.2 Å². The molecule has 1 aliphatic rings. The highest BCUT2D eigenvalue weighted by Crippen LogP contribution is 2.20. The highest BCUT2D eigenvalue weighted by molar-refractivity contribution is 7.89. The summed E-state index contributed by atoms with van der Waals surface area (Å²) in [6.07, 6.45) is 0. The molecule has 1 aromatic rings. The van der Waals surface area contributed by atoms with Crippen LogP contribution in [-0.4, -0.2) is 62.6 Å². The van der Waals surface area contributed by atoms with Crippen molar-refractivity contribution in [1.29, 1.82) is 0 Å². The fourth-order valence-corrected chi connectivity index (χ4v) is 3.46. The Balaban J connectivity index is 2.28. The third-order valence-electron chi connectivity index (χ3n) is 3.19. The van der Waals surface area contributed by atoms with Crippen molar-refractivity contribution in [2.45, 2.75) is 4.90 Å². The summed E-state index contributed by atoms with van der Waals surface area (Å²) in [6.45, 7) is 0.151. The van der Waals surface area contributed by atoms with Crippen molar-refractivity contribution in [2.75, 3.05) is 32.8 Å². The first-order valence-corrected chi connectivity index (χ1v) is 8.14. The first kappa shape index (κ1) is 17.3. The van der Waals surface area contributed by atoms with Crippen LogP contribution in [0.4, 0.5) is 4.39 Å². The van der Waals surface area contributed by atoms with Crippen LogP contribution in [0.15, 0.2) is 23.1 Å². The largest absolute Gasteiger partial charge is 0.480 e. The van der Waals surface area contributed by atoms with Crippen molar-refractivity contribution in [3.05, 3.63) is 29.6 Å². The van der Waals surface area contributed by atoms with E-state index in [4.69, 9.17) is 9.84 Å². The lowest BCUT2D eigenvalue weighted by Gasteiger charge is -2.26. The number of morpholine rings is 1. The Kier molecular flexibility index (Phi) is 5.29. The van der Waals surface area contributed by atoms with E-state index in [-0.39, 0.29) is 31.2 Å². The average Bonchev–Trinajstić information content (AvgIpc) is 2.53. The number of amides is 1. The van der Waals surface area contributed by atoms with Crippen LogP contribution in [0, 0.1) is 5.82 Å². The number of carbonyl (C=O) groups is 2.